The van der Waals surface area contributed by atoms with Crippen molar-refractivity contribution in [2.24, 2.45) is 0 Å². The first-order chi connectivity index (χ1) is 6.61. The molecule has 6 heteroatoms. The molecule has 0 aliphatic carbocycles. The van der Waals surface area contributed by atoms with Gasteiger partial charge >= 0.3 is 0 Å². The summed E-state index contributed by atoms with van der Waals surface area (Å²) in [4.78, 5) is 7.86. The number of fused-ring (bicyclic) bond motifs is 1. The fraction of sp³-hybridized carbons (Fsp3) is 0. The van der Waals surface area contributed by atoms with Gasteiger partial charge in [-0.05, 0) is 22.0 Å². The number of rotatable bonds is 0. The van der Waals surface area contributed by atoms with E-state index in [0.717, 1.165) is 0 Å². The van der Waals surface area contributed by atoms with Crippen LogP contribution >= 0.6 is 50.7 Å². The molecule has 0 aliphatic rings. The van der Waals surface area contributed by atoms with E-state index in [1.165, 1.54) is 6.33 Å². The fourth-order valence-corrected chi connectivity index (χ4v) is 2.20. The minimum Gasteiger partial charge on any atom is -0.235 e. The molecule has 0 atom stereocenters. The zero-order chi connectivity index (χ0) is 10.3. The third-order valence-electron chi connectivity index (χ3n) is 1.72. The third-order valence-corrected chi connectivity index (χ3v) is 3.73. The van der Waals surface area contributed by atoms with E-state index in [1.807, 2.05) is 0 Å². The van der Waals surface area contributed by atoms with Crippen LogP contribution in [0, 0.1) is 0 Å². The topological polar surface area (TPSA) is 25.8 Å². The highest BCUT2D eigenvalue weighted by atomic mass is 79.9. The van der Waals surface area contributed by atoms with Gasteiger partial charge in [-0.2, -0.15) is 0 Å². The molecule has 0 amide bonds. The number of benzene rings is 1. The number of halogens is 4. The Kier molecular flexibility index (Phi) is 2.84. The second kappa shape index (κ2) is 3.81. The summed E-state index contributed by atoms with van der Waals surface area (Å²) in [5, 5.41) is 1.83. The Bertz CT molecular complexity index is 515. The average molecular weight is 312 g/mol. The maximum Gasteiger partial charge on any atom is 0.140 e. The summed E-state index contributed by atoms with van der Waals surface area (Å²) in [6.07, 6.45) is 1.35. The van der Waals surface area contributed by atoms with Crippen LogP contribution in [-0.2, 0) is 0 Å². The van der Waals surface area contributed by atoms with Crippen molar-refractivity contribution in [1.82, 2.24) is 9.97 Å². The van der Waals surface area contributed by atoms with Gasteiger partial charge in [-0.15, -0.1) is 0 Å². The molecule has 0 N–H and O–H groups in total. The van der Waals surface area contributed by atoms with Crippen molar-refractivity contribution in [3.63, 3.8) is 0 Å². The van der Waals surface area contributed by atoms with Crippen molar-refractivity contribution in [2.45, 2.75) is 0 Å². The quantitative estimate of drug-likeness (QED) is 0.534. The maximum absolute atomic E-state index is 5.99. The minimum absolute atomic E-state index is 0.356. The molecule has 72 valence electrons. The van der Waals surface area contributed by atoms with Crippen LogP contribution in [0.5, 0.6) is 0 Å². The van der Waals surface area contributed by atoms with E-state index in [4.69, 9.17) is 34.8 Å². The van der Waals surface area contributed by atoms with Gasteiger partial charge in [-0.25, -0.2) is 9.97 Å². The Morgan fingerprint density at radius 2 is 1.79 bits per heavy atom. The smallest absolute Gasteiger partial charge is 0.140 e. The molecule has 2 aromatic rings. The standard InChI is InChI=1S/C8H2BrCl3N2/c9-4-1-3-7(6(11)5(4)10)13-2-14-8(3)12/h1-2H. The molecular formula is C8H2BrCl3N2. The molecule has 2 nitrogen and oxygen atoms in total. The molecule has 1 aromatic heterocycles. The molecule has 14 heavy (non-hydrogen) atoms. The maximum atomic E-state index is 5.99. The molecule has 0 unspecified atom stereocenters. The molecular weight excluding hydrogens is 310 g/mol. The SMILES string of the molecule is Clc1c(Br)cc2c(Cl)ncnc2c1Cl. The van der Waals surface area contributed by atoms with Gasteiger partial charge in [0.25, 0.3) is 0 Å². The molecule has 0 fully saturated rings. The summed E-state index contributed by atoms with van der Waals surface area (Å²) in [6, 6.07) is 1.74. The Balaban J connectivity index is 2.98. The number of aromatic nitrogens is 2. The highest BCUT2D eigenvalue weighted by Gasteiger charge is 2.11. The van der Waals surface area contributed by atoms with Crippen molar-refractivity contribution in [3.8, 4) is 0 Å². The van der Waals surface area contributed by atoms with Crippen LogP contribution in [0.4, 0.5) is 0 Å². The molecule has 0 saturated heterocycles. The summed E-state index contributed by atoms with van der Waals surface area (Å²) >= 11 is 21.1. The Hall–Kier alpha value is -0.0900. The zero-order valence-corrected chi connectivity index (χ0v) is 10.4. The molecule has 2 rings (SSSR count). The minimum atomic E-state index is 0.356. The molecule has 0 bridgehead atoms. The van der Waals surface area contributed by atoms with Crippen LogP contribution in [0.1, 0.15) is 0 Å². The number of nitrogens with zero attached hydrogens (tertiary/aromatic N) is 2. The second-order valence-corrected chi connectivity index (χ2v) is 4.52. The summed E-state index contributed by atoms with van der Waals surface area (Å²) < 4.78 is 0.674. The van der Waals surface area contributed by atoms with Gasteiger partial charge in [-0.3, -0.25) is 0 Å². The van der Waals surface area contributed by atoms with Gasteiger partial charge < -0.3 is 0 Å². The Morgan fingerprint density at radius 1 is 1.07 bits per heavy atom. The monoisotopic (exact) mass is 310 g/mol. The Labute approximate surface area is 103 Å². The first-order valence-electron chi connectivity index (χ1n) is 3.55. The van der Waals surface area contributed by atoms with Crippen LogP contribution in [0.3, 0.4) is 0 Å². The van der Waals surface area contributed by atoms with Crippen molar-refractivity contribution in [1.29, 1.82) is 0 Å². The fourth-order valence-electron chi connectivity index (χ4n) is 1.08. The average Bonchev–Trinajstić information content (AvgIpc) is 2.17. The summed E-state index contributed by atoms with van der Waals surface area (Å²) in [5.41, 5.74) is 0.555. The molecule has 1 heterocycles. The van der Waals surface area contributed by atoms with E-state index in [2.05, 4.69) is 25.9 Å². The van der Waals surface area contributed by atoms with Crippen LogP contribution < -0.4 is 0 Å². The van der Waals surface area contributed by atoms with E-state index in [1.54, 1.807) is 6.07 Å². The molecule has 0 spiro atoms. The van der Waals surface area contributed by atoms with Crippen molar-refractivity contribution in [3.05, 3.63) is 32.1 Å². The predicted octanol–water partition coefficient (Wildman–Crippen LogP) is 4.35. The molecule has 0 saturated carbocycles. The molecule has 1 aromatic carbocycles. The van der Waals surface area contributed by atoms with Gasteiger partial charge in [0.2, 0.25) is 0 Å². The molecule has 0 radical (unpaired) electrons. The van der Waals surface area contributed by atoms with E-state index >= 15 is 0 Å². The van der Waals surface area contributed by atoms with E-state index in [-0.39, 0.29) is 0 Å². The lowest BCUT2D eigenvalue weighted by Gasteiger charge is -2.04. The third kappa shape index (κ3) is 1.58. The van der Waals surface area contributed by atoms with Crippen LogP contribution in [0.25, 0.3) is 10.9 Å². The number of hydrogen-bond donors (Lipinski definition) is 0. The van der Waals surface area contributed by atoms with Gasteiger partial charge in [0.05, 0.1) is 15.6 Å². The van der Waals surface area contributed by atoms with Gasteiger partial charge in [0.1, 0.15) is 11.5 Å². The van der Waals surface area contributed by atoms with Gasteiger partial charge in [0.15, 0.2) is 0 Å². The van der Waals surface area contributed by atoms with Crippen LogP contribution in [0.2, 0.25) is 15.2 Å². The summed E-state index contributed by atoms with van der Waals surface area (Å²) in [5.74, 6) is 0. The first kappa shape index (κ1) is 10.4. The largest absolute Gasteiger partial charge is 0.235 e. The zero-order valence-electron chi connectivity index (χ0n) is 6.56. The highest BCUT2D eigenvalue weighted by Crippen LogP contribution is 2.37. The van der Waals surface area contributed by atoms with E-state index in [9.17, 15) is 0 Å². The van der Waals surface area contributed by atoms with Crippen LogP contribution in [-0.4, -0.2) is 9.97 Å². The lowest BCUT2D eigenvalue weighted by Crippen LogP contribution is -1.86. The summed E-state index contributed by atoms with van der Waals surface area (Å²) in [6.45, 7) is 0. The lowest BCUT2D eigenvalue weighted by molar-refractivity contribution is 1.22. The highest BCUT2D eigenvalue weighted by molar-refractivity contribution is 9.10. The van der Waals surface area contributed by atoms with Crippen molar-refractivity contribution < 1.29 is 0 Å². The van der Waals surface area contributed by atoms with E-state index in [0.29, 0.717) is 30.6 Å². The second-order valence-electron chi connectivity index (χ2n) is 2.55. The van der Waals surface area contributed by atoms with Gasteiger partial charge in [-0.1, -0.05) is 34.8 Å². The normalized spacial score (nSPS) is 10.9. The first-order valence-corrected chi connectivity index (χ1v) is 5.47. The Morgan fingerprint density at radius 3 is 2.50 bits per heavy atom. The van der Waals surface area contributed by atoms with Gasteiger partial charge in [0, 0.05) is 9.86 Å². The predicted molar refractivity (Wildman–Crippen MR) is 62.3 cm³/mol. The number of hydrogen-bond acceptors (Lipinski definition) is 2. The van der Waals surface area contributed by atoms with E-state index < -0.39 is 0 Å². The van der Waals surface area contributed by atoms with Crippen molar-refractivity contribution in [2.75, 3.05) is 0 Å². The lowest BCUT2D eigenvalue weighted by atomic mass is 10.2. The van der Waals surface area contributed by atoms with Crippen LogP contribution in [0.15, 0.2) is 16.9 Å². The molecule has 0 aliphatic heterocycles. The summed E-state index contributed by atoms with van der Waals surface area (Å²) in [7, 11) is 0. The van der Waals surface area contributed by atoms with Crippen molar-refractivity contribution >= 4 is 61.6 Å².